The van der Waals surface area contributed by atoms with Crippen LogP contribution in [0.15, 0.2) is 29.3 Å². The van der Waals surface area contributed by atoms with E-state index in [2.05, 4.69) is 26.8 Å². The van der Waals surface area contributed by atoms with Gasteiger partial charge >= 0.3 is 0 Å². The lowest BCUT2D eigenvalue weighted by molar-refractivity contribution is 0.627. The molecule has 0 saturated heterocycles. The summed E-state index contributed by atoms with van der Waals surface area (Å²) in [6.07, 6.45) is 3.94. The fourth-order valence-corrected chi connectivity index (χ4v) is 2.88. The van der Waals surface area contributed by atoms with Crippen molar-refractivity contribution in [2.45, 2.75) is 32.6 Å². The van der Waals surface area contributed by atoms with E-state index in [1.807, 2.05) is 6.92 Å². The Kier molecular flexibility index (Phi) is 6.48. The molecule has 1 aromatic carbocycles. The Labute approximate surface area is 164 Å². The summed E-state index contributed by atoms with van der Waals surface area (Å²) >= 11 is 0. The van der Waals surface area contributed by atoms with Crippen LogP contribution in [0.4, 0.5) is 10.2 Å². The van der Waals surface area contributed by atoms with E-state index >= 15 is 0 Å². The highest BCUT2D eigenvalue weighted by atomic mass is 19.1. The second-order valence-electron chi connectivity index (χ2n) is 6.90. The van der Waals surface area contributed by atoms with Gasteiger partial charge in [0.25, 0.3) is 0 Å². The van der Waals surface area contributed by atoms with Crippen LogP contribution < -0.4 is 16.4 Å². The van der Waals surface area contributed by atoms with Crippen LogP contribution in [0.1, 0.15) is 37.4 Å². The summed E-state index contributed by atoms with van der Waals surface area (Å²) in [7, 11) is 0. The second-order valence-corrected chi connectivity index (χ2v) is 6.90. The first-order valence-corrected chi connectivity index (χ1v) is 9.68. The van der Waals surface area contributed by atoms with E-state index in [0.717, 1.165) is 31.4 Å². The molecule has 0 spiro atoms. The Morgan fingerprint density at radius 3 is 2.75 bits per heavy atom. The maximum Gasteiger partial charge on any atom is 0.191 e. The predicted octanol–water partition coefficient (Wildman–Crippen LogP) is 2.36. The summed E-state index contributed by atoms with van der Waals surface area (Å²) in [6.45, 7) is 4.43. The molecule has 4 N–H and O–H groups in total. The van der Waals surface area contributed by atoms with Crippen LogP contribution in [-0.2, 0) is 6.42 Å². The fourth-order valence-electron chi connectivity index (χ4n) is 2.88. The zero-order valence-electron chi connectivity index (χ0n) is 16.1. The largest absolute Gasteiger partial charge is 0.382 e. The number of nitrogens with two attached hydrogens (primary N) is 1. The number of aliphatic imine (C=N–C) groups is 1. The van der Waals surface area contributed by atoms with Gasteiger partial charge in [-0.1, -0.05) is 0 Å². The van der Waals surface area contributed by atoms with Crippen molar-refractivity contribution >= 4 is 11.8 Å². The van der Waals surface area contributed by atoms with Crippen LogP contribution in [-0.4, -0.2) is 35.4 Å². The summed E-state index contributed by atoms with van der Waals surface area (Å²) in [5.74, 6) is 1.51. The van der Waals surface area contributed by atoms with Gasteiger partial charge in [-0.15, -0.1) is 0 Å². The SMILES string of the molecule is CCNC(=NCC1CC1)NCCCc1nn(-c2ccc(F)cc2)c(N)c1C#N. The van der Waals surface area contributed by atoms with Crippen molar-refractivity contribution in [2.75, 3.05) is 25.4 Å². The van der Waals surface area contributed by atoms with Crippen molar-refractivity contribution in [3.8, 4) is 11.8 Å². The van der Waals surface area contributed by atoms with Gasteiger partial charge in [-0.05, 0) is 62.8 Å². The van der Waals surface area contributed by atoms with Crippen molar-refractivity contribution in [2.24, 2.45) is 10.9 Å². The van der Waals surface area contributed by atoms with Gasteiger partial charge in [-0.2, -0.15) is 10.4 Å². The van der Waals surface area contributed by atoms with E-state index in [4.69, 9.17) is 5.73 Å². The van der Waals surface area contributed by atoms with Gasteiger partial charge in [0.05, 0.1) is 11.4 Å². The third-order valence-electron chi connectivity index (χ3n) is 4.61. The van der Waals surface area contributed by atoms with Crippen molar-refractivity contribution in [1.82, 2.24) is 20.4 Å². The number of rotatable bonds is 8. The van der Waals surface area contributed by atoms with Gasteiger partial charge in [0.2, 0.25) is 0 Å². The predicted molar refractivity (Wildman–Crippen MR) is 108 cm³/mol. The molecule has 0 bridgehead atoms. The highest BCUT2D eigenvalue weighted by Gasteiger charge is 2.20. The number of hydrogen-bond donors (Lipinski definition) is 3. The number of nitrogens with one attached hydrogen (secondary N) is 2. The van der Waals surface area contributed by atoms with Crippen molar-refractivity contribution in [3.05, 3.63) is 41.3 Å². The van der Waals surface area contributed by atoms with Crippen molar-refractivity contribution in [3.63, 3.8) is 0 Å². The number of anilines is 1. The number of nitrogen functional groups attached to an aromatic ring is 1. The van der Waals surface area contributed by atoms with Crippen LogP contribution >= 0.6 is 0 Å². The molecule has 0 amide bonds. The minimum absolute atomic E-state index is 0.274. The number of nitrogens with zero attached hydrogens (tertiary/aromatic N) is 4. The Bertz CT molecular complexity index is 860. The highest BCUT2D eigenvalue weighted by Crippen LogP contribution is 2.28. The van der Waals surface area contributed by atoms with Gasteiger partial charge in [0.1, 0.15) is 23.3 Å². The summed E-state index contributed by atoms with van der Waals surface area (Å²) < 4.78 is 14.6. The van der Waals surface area contributed by atoms with Crippen LogP contribution in [0.25, 0.3) is 5.69 Å². The quantitative estimate of drug-likeness (QED) is 0.369. The molecular formula is C20H26FN7. The summed E-state index contributed by atoms with van der Waals surface area (Å²) in [6, 6.07) is 8.00. The molecule has 1 aliphatic carbocycles. The molecule has 1 aromatic heterocycles. The third kappa shape index (κ3) is 5.00. The summed E-state index contributed by atoms with van der Waals surface area (Å²) in [5.41, 5.74) is 7.73. The molecule has 0 atom stereocenters. The first-order chi connectivity index (χ1) is 13.6. The maximum absolute atomic E-state index is 13.1. The monoisotopic (exact) mass is 383 g/mol. The molecule has 0 radical (unpaired) electrons. The number of nitriles is 1. The zero-order chi connectivity index (χ0) is 19.9. The van der Waals surface area contributed by atoms with Crippen molar-refractivity contribution in [1.29, 1.82) is 5.26 Å². The van der Waals surface area contributed by atoms with Gasteiger partial charge in [0, 0.05) is 19.6 Å². The van der Waals surface area contributed by atoms with E-state index < -0.39 is 0 Å². The Morgan fingerprint density at radius 2 is 2.11 bits per heavy atom. The molecule has 0 aliphatic heterocycles. The average molecular weight is 383 g/mol. The number of guanidine groups is 1. The number of halogens is 1. The molecule has 28 heavy (non-hydrogen) atoms. The lowest BCUT2D eigenvalue weighted by atomic mass is 10.1. The molecule has 148 valence electrons. The standard InChI is InChI=1S/C20H26FN7/c1-2-24-20(26-13-14-5-6-14)25-11-3-4-18-17(12-22)19(23)28(27-18)16-9-7-15(21)8-10-16/h7-10,14H,2-6,11,13,23H2,1H3,(H2,24,25,26). The van der Waals surface area contributed by atoms with Gasteiger partial charge in [0.15, 0.2) is 5.96 Å². The number of benzene rings is 1. The Morgan fingerprint density at radius 1 is 1.36 bits per heavy atom. The fraction of sp³-hybridized carbons (Fsp3) is 0.450. The summed E-state index contributed by atoms with van der Waals surface area (Å²) in [4.78, 5) is 4.59. The minimum atomic E-state index is -0.332. The van der Waals surface area contributed by atoms with Gasteiger partial charge < -0.3 is 16.4 Å². The molecule has 2 aromatic rings. The van der Waals surface area contributed by atoms with Crippen molar-refractivity contribution < 1.29 is 4.39 Å². The van der Waals surface area contributed by atoms with Gasteiger partial charge in [-0.3, -0.25) is 4.99 Å². The molecule has 1 aliphatic rings. The molecule has 1 fully saturated rings. The third-order valence-corrected chi connectivity index (χ3v) is 4.61. The smallest absolute Gasteiger partial charge is 0.191 e. The van der Waals surface area contributed by atoms with Crippen LogP contribution in [0.3, 0.4) is 0 Å². The molecular weight excluding hydrogens is 357 g/mol. The molecule has 1 heterocycles. The van der Waals surface area contributed by atoms with Gasteiger partial charge in [-0.25, -0.2) is 9.07 Å². The van der Waals surface area contributed by atoms with E-state index in [-0.39, 0.29) is 11.6 Å². The minimum Gasteiger partial charge on any atom is -0.382 e. The number of aromatic nitrogens is 2. The lowest BCUT2D eigenvalue weighted by Gasteiger charge is -2.10. The topological polar surface area (TPSA) is 104 Å². The number of hydrogen-bond acceptors (Lipinski definition) is 4. The molecule has 0 unspecified atom stereocenters. The Hall–Kier alpha value is -3.08. The van der Waals surface area contributed by atoms with E-state index in [9.17, 15) is 9.65 Å². The highest BCUT2D eigenvalue weighted by molar-refractivity contribution is 5.79. The number of aryl methyl sites for hydroxylation is 1. The van der Waals surface area contributed by atoms with E-state index in [1.54, 1.807) is 12.1 Å². The molecule has 1 saturated carbocycles. The van der Waals surface area contributed by atoms with E-state index in [1.165, 1.54) is 29.7 Å². The zero-order valence-corrected chi connectivity index (χ0v) is 16.1. The maximum atomic E-state index is 13.1. The first-order valence-electron chi connectivity index (χ1n) is 9.68. The second kappa shape index (κ2) is 9.22. The summed E-state index contributed by atoms with van der Waals surface area (Å²) in [5, 5.41) is 20.5. The lowest BCUT2D eigenvalue weighted by Crippen LogP contribution is -2.38. The normalized spacial score (nSPS) is 14.0. The van der Waals surface area contributed by atoms with Crippen LogP contribution in [0.2, 0.25) is 0 Å². The molecule has 8 heteroatoms. The van der Waals surface area contributed by atoms with Crippen LogP contribution in [0, 0.1) is 23.1 Å². The molecule has 3 rings (SSSR count). The Balaban J connectivity index is 1.60. The molecule has 7 nitrogen and oxygen atoms in total. The van der Waals surface area contributed by atoms with Crippen LogP contribution in [0.5, 0.6) is 0 Å². The van der Waals surface area contributed by atoms with E-state index in [0.29, 0.717) is 29.9 Å². The first kappa shape index (κ1) is 19.7. The average Bonchev–Trinajstić information content (AvgIpc) is 3.47.